The van der Waals surface area contributed by atoms with Crippen molar-refractivity contribution in [2.24, 2.45) is 7.05 Å². The molecule has 0 aliphatic heterocycles. The Morgan fingerprint density at radius 1 is 1.19 bits per heavy atom. The molecular weight excluding hydrogens is 350 g/mol. The van der Waals surface area contributed by atoms with Crippen LogP contribution in [0.25, 0.3) is 11.4 Å². The highest BCUT2D eigenvalue weighted by atomic mass is 32.2. The van der Waals surface area contributed by atoms with E-state index in [2.05, 4.69) is 25.6 Å². The minimum Gasteiger partial charge on any atom is -0.310 e. The second kappa shape index (κ2) is 7.69. The monoisotopic (exact) mass is 371 g/mol. The van der Waals surface area contributed by atoms with Gasteiger partial charge in [0.2, 0.25) is 5.91 Å². The lowest BCUT2D eigenvalue weighted by Gasteiger charge is -2.14. The maximum atomic E-state index is 12.5. The lowest BCUT2D eigenvalue weighted by Crippen LogP contribution is -2.25. The number of aromatic nitrogens is 6. The minimum atomic E-state index is -0.338. The minimum absolute atomic E-state index is 0.108. The van der Waals surface area contributed by atoms with Crippen LogP contribution in [0, 0.1) is 0 Å². The number of anilines is 1. The summed E-state index contributed by atoms with van der Waals surface area (Å²) in [5.41, 5.74) is 0.882. The Balaban J connectivity index is 1.70. The van der Waals surface area contributed by atoms with Gasteiger partial charge < -0.3 is 9.88 Å². The normalized spacial score (nSPS) is 12.3. The predicted octanol–water partition coefficient (Wildman–Crippen LogP) is 2.77. The van der Waals surface area contributed by atoms with E-state index in [9.17, 15) is 4.79 Å². The van der Waals surface area contributed by atoms with E-state index < -0.39 is 0 Å². The molecule has 0 aromatic carbocycles. The third-order valence-electron chi connectivity index (χ3n) is 3.82. The lowest BCUT2D eigenvalue weighted by molar-refractivity contribution is -0.115. The Kier molecular flexibility index (Phi) is 5.36. The van der Waals surface area contributed by atoms with Crippen LogP contribution in [0.5, 0.6) is 0 Å². The van der Waals surface area contributed by atoms with E-state index >= 15 is 0 Å². The largest absolute Gasteiger partial charge is 0.310 e. The molecule has 3 rings (SSSR count). The maximum Gasteiger partial charge on any atom is 0.238 e. The van der Waals surface area contributed by atoms with E-state index in [-0.39, 0.29) is 17.2 Å². The standard InChI is InChI=1S/C17H21N7OS/c1-11(2)24-14(7-9-19-24)20-16(25)12(3)26-17-22-21-15(23(17)4)13-6-5-8-18-10-13/h5-12H,1-4H3,(H,20,25)/t12-/m0/s1. The van der Waals surface area contributed by atoms with Crippen molar-refractivity contribution < 1.29 is 4.79 Å². The van der Waals surface area contributed by atoms with Crippen LogP contribution in [0.4, 0.5) is 5.82 Å². The summed E-state index contributed by atoms with van der Waals surface area (Å²) >= 11 is 1.36. The van der Waals surface area contributed by atoms with Crippen molar-refractivity contribution in [1.29, 1.82) is 0 Å². The van der Waals surface area contributed by atoms with Crippen molar-refractivity contribution in [2.75, 3.05) is 5.32 Å². The number of hydrogen-bond acceptors (Lipinski definition) is 6. The zero-order chi connectivity index (χ0) is 18.7. The highest BCUT2D eigenvalue weighted by Gasteiger charge is 2.20. The van der Waals surface area contributed by atoms with Crippen molar-refractivity contribution >= 4 is 23.5 Å². The Bertz CT molecular complexity index is 888. The number of hydrogen-bond donors (Lipinski definition) is 1. The molecule has 8 nitrogen and oxygen atoms in total. The van der Waals surface area contributed by atoms with E-state index in [4.69, 9.17) is 0 Å². The first-order chi connectivity index (χ1) is 12.5. The van der Waals surface area contributed by atoms with Crippen LogP contribution < -0.4 is 5.32 Å². The molecule has 0 radical (unpaired) electrons. The van der Waals surface area contributed by atoms with E-state index in [0.717, 1.165) is 5.56 Å². The third kappa shape index (κ3) is 3.77. The number of carbonyl (C=O) groups excluding carboxylic acids is 1. The zero-order valence-corrected chi connectivity index (χ0v) is 15.9. The van der Waals surface area contributed by atoms with Crippen LogP contribution in [0.15, 0.2) is 41.9 Å². The molecule has 136 valence electrons. The summed E-state index contributed by atoms with van der Waals surface area (Å²) in [7, 11) is 1.88. The van der Waals surface area contributed by atoms with Gasteiger partial charge in [-0.15, -0.1) is 10.2 Å². The van der Waals surface area contributed by atoms with Gasteiger partial charge in [-0.2, -0.15) is 5.10 Å². The number of thioether (sulfide) groups is 1. The summed E-state index contributed by atoms with van der Waals surface area (Å²) in [6, 6.07) is 5.74. The summed E-state index contributed by atoms with van der Waals surface area (Å²) < 4.78 is 3.64. The van der Waals surface area contributed by atoms with Crippen molar-refractivity contribution in [1.82, 2.24) is 29.5 Å². The van der Waals surface area contributed by atoms with E-state index in [1.165, 1.54) is 11.8 Å². The molecule has 3 heterocycles. The second-order valence-electron chi connectivity index (χ2n) is 6.11. The van der Waals surface area contributed by atoms with Gasteiger partial charge in [0, 0.05) is 37.1 Å². The highest BCUT2D eigenvalue weighted by Crippen LogP contribution is 2.26. The molecule has 1 amide bonds. The molecule has 0 unspecified atom stereocenters. The molecule has 0 spiro atoms. The molecule has 3 aromatic heterocycles. The van der Waals surface area contributed by atoms with Gasteiger partial charge in [0.1, 0.15) is 5.82 Å². The summed E-state index contributed by atoms with van der Waals surface area (Å²) in [4.78, 5) is 16.6. The Morgan fingerprint density at radius 2 is 2.00 bits per heavy atom. The quantitative estimate of drug-likeness (QED) is 0.670. The topological polar surface area (TPSA) is 90.5 Å². The van der Waals surface area contributed by atoms with Crippen LogP contribution >= 0.6 is 11.8 Å². The fraction of sp³-hybridized carbons (Fsp3) is 0.353. The van der Waals surface area contributed by atoms with Crippen molar-refractivity contribution in [2.45, 2.75) is 37.2 Å². The summed E-state index contributed by atoms with van der Waals surface area (Å²) in [6.07, 6.45) is 5.13. The number of nitrogens with one attached hydrogen (secondary N) is 1. The van der Waals surface area contributed by atoms with Gasteiger partial charge in [0.15, 0.2) is 11.0 Å². The zero-order valence-electron chi connectivity index (χ0n) is 15.1. The van der Waals surface area contributed by atoms with Crippen LogP contribution in [0.3, 0.4) is 0 Å². The fourth-order valence-electron chi connectivity index (χ4n) is 2.43. The van der Waals surface area contributed by atoms with Crippen LogP contribution in [-0.4, -0.2) is 40.7 Å². The summed E-state index contributed by atoms with van der Waals surface area (Å²) in [5, 5.41) is 15.9. The molecule has 9 heteroatoms. The molecule has 0 aliphatic rings. The van der Waals surface area contributed by atoms with Gasteiger partial charge in [-0.1, -0.05) is 11.8 Å². The Hall–Kier alpha value is -2.68. The van der Waals surface area contributed by atoms with Crippen LogP contribution in [0.1, 0.15) is 26.8 Å². The molecule has 0 saturated heterocycles. The van der Waals surface area contributed by atoms with Gasteiger partial charge in [-0.05, 0) is 32.9 Å². The van der Waals surface area contributed by atoms with E-state index in [1.807, 2.05) is 44.5 Å². The number of carbonyl (C=O) groups is 1. The summed E-state index contributed by atoms with van der Waals surface area (Å²) in [5.74, 6) is 1.29. The molecule has 3 aromatic rings. The predicted molar refractivity (Wildman–Crippen MR) is 101 cm³/mol. The molecule has 0 saturated carbocycles. The Labute approximate surface area is 156 Å². The molecule has 1 N–H and O–H groups in total. The number of nitrogens with zero attached hydrogens (tertiary/aromatic N) is 6. The summed E-state index contributed by atoms with van der Waals surface area (Å²) in [6.45, 7) is 5.87. The van der Waals surface area contributed by atoms with Crippen LogP contribution in [-0.2, 0) is 11.8 Å². The first-order valence-corrected chi connectivity index (χ1v) is 9.16. The fourth-order valence-corrected chi connectivity index (χ4v) is 3.24. The van der Waals surface area contributed by atoms with Crippen molar-refractivity contribution in [3.05, 3.63) is 36.8 Å². The maximum absolute atomic E-state index is 12.5. The molecule has 0 aliphatic carbocycles. The first kappa shape index (κ1) is 18.1. The molecule has 26 heavy (non-hydrogen) atoms. The van der Waals surface area contributed by atoms with Crippen LogP contribution in [0.2, 0.25) is 0 Å². The SMILES string of the molecule is CC(C)n1nccc1NC(=O)[C@H](C)Sc1nnc(-c2cccnc2)n1C. The van der Waals surface area contributed by atoms with Gasteiger partial charge in [0.05, 0.1) is 11.4 Å². The van der Waals surface area contributed by atoms with Gasteiger partial charge >= 0.3 is 0 Å². The van der Waals surface area contributed by atoms with Gasteiger partial charge in [-0.3, -0.25) is 9.78 Å². The molecule has 1 atom stereocenters. The van der Waals surface area contributed by atoms with Crippen molar-refractivity contribution in [3.63, 3.8) is 0 Å². The first-order valence-electron chi connectivity index (χ1n) is 8.28. The van der Waals surface area contributed by atoms with E-state index in [1.54, 1.807) is 29.3 Å². The third-order valence-corrected chi connectivity index (χ3v) is 4.95. The average molecular weight is 371 g/mol. The van der Waals surface area contributed by atoms with Crippen molar-refractivity contribution in [3.8, 4) is 11.4 Å². The average Bonchev–Trinajstić information content (AvgIpc) is 3.23. The number of pyridine rings is 1. The smallest absolute Gasteiger partial charge is 0.238 e. The highest BCUT2D eigenvalue weighted by molar-refractivity contribution is 8.00. The molecule has 0 bridgehead atoms. The number of rotatable bonds is 6. The van der Waals surface area contributed by atoms with Gasteiger partial charge in [0.25, 0.3) is 0 Å². The lowest BCUT2D eigenvalue weighted by atomic mass is 10.3. The van der Waals surface area contributed by atoms with E-state index in [0.29, 0.717) is 16.8 Å². The second-order valence-corrected chi connectivity index (χ2v) is 7.42. The Morgan fingerprint density at radius 3 is 2.69 bits per heavy atom. The molecule has 0 fully saturated rings. The van der Waals surface area contributed by atoms with Gasteiger partial charge in [-0.25, -0.2) is 4.68 Å². The number of amides is 1. The molecular formula is C17H21N7OS.